The fraction of sp³-hybridized carbons (Fsp3) is 0.385. The monoisotopic (exact) mass is 537 g/mol. The lowest BCUT2D eigenvalue weighted by Gasteiger charge is -2.37. The number of piperazine rings is 1. The number of H-pyrrole nitrogens is 1. The van der Waals surface area contributed by atoms with Crippen LogP contribution in [-0.2, 0) is 4.74 Å². The van der Waals surface area contributed by atoms with Crippen LogP contribution in [0.25, 0.3) is 16.2 Å². The van der Waals surface area contributed by atoms with E-state index in [0.29, 0.717) is 47.4 Å². The standard InChI is InChI=1S/C25H27N7O4S.CH4/c1-25(13-35-14-25)15-36-16-2-3-21-17(10-16)29-23(34)32(21)24-30-19(12-37-24)22(33)28-18-11-27-5-4-20(18)31-8-6-26-7-9-31;/h2-5,10-12,26H,6-9,13-15H2,1H3,(H,28,33)(H,29,34);1H4. The number of nitrogens with zero attached hydrogens (tertiary/aromatic N) is 4. The van der Waals surface area contributed by atoms with Gasteiger partial charge in [0.05, 0.1) is 48.4 Å². The van der Waals surface area contributed by atoms with Crippen molar-refractivity contribution >= 4 is 39.7 Å². The van der Waals surface area contributed by atoms with Crippen LogP contribution in [0.15, 0.2) is 46.8 Å². The first-order chi connectivity index (χ1) is 18.0. The van der Waals surface area contributed by atoms with E-state index in [1.165, 1.54) is 15.9 Å². The van der Waals surface area contributed by atoms with Gasteiger partial charge in [0.2, 0.25) is 0 Å². The number of carbonyl (C=O) groups excluding carboxylic acids is 1. The Hall–Kier alpha value is -3.74. The summed E-state index contributed by atoms with van der Waals surface area (Å²) in [6.07, 6.45) is 3.36. The predicted molar refractivity (Wildman–Crippen MR) is 148 cm³/mol. The number of ether oxygens (including phenoxy) is 2. The number of fused-ring (bicyclic) bond motifs is 1. The summed E-state index contributed by atoms with van der Waals surface area (Å²) >= 11 is 1.23. The maximum atomic E-state index is 13.1. The topological polar surface area (TPSA) is 126 Å². The lowest BCUT2D eigenvalue weighted by molar-refractivity contribution is -0.120. The van der Waals surface area contributed by atoms with Gasteiger partial charge in [-0.1, -0.05) is 14.4 Å². The zero-order chi connectivity index (χ0) is 25.4. The summed E-state index contributed by atoms with van der Waals surface area (Å²) in [5.41, 5.74) is 2.76. The van der Waals surface area contributed by atoms with Crippen LogP contribution in [0.4, 0.5) is 11.4 Å². The van der Waals surface area contributed by atoms with E-state index in [1.54, 1.807) is 23.8 Å². The van der Waals surface area contributed by atoms with E-state index in [2.05, 4.69) is 37.4 Å². The summed E-state index contributed by atoms with van der Waals surface area (Å²) in [6.45, 7) is 7.47. The lowest BCUT2D eigenvalue weighted by atomic mass is 9.90. The molecule has 6 rings (SSSR count). The van der Waals surface area contributed by atoms with Crippen molar-refractivity contribution in [3.05, 3.63) is 58.2 Å². The highest BCUT2D eigenvalue weighted by molar-refractivity contribution is 7.12. The molecule has 38 heavy (non-hydrogen) atoms. The average Bonchev–Trinajstić information content (AvgIpc) is 3.50. The van der Waals surface area contributed by atoms with Gasteiger partial charge in [-0.15, -0.1) is 11.3 Å². The number of aromatic nitrogens is 4. The first kappa shape index (κ1) is 25.9. The van der Waals surface area contributed by atoms with Gasteiger partial charge in [-0.3, -0.25) is 9.78 Å². The molecule has 0 radical (unpaired) electrons. The second-order valence-electron chi connectivity index (χ2n) is 9.64. The molecule has 0 atom stereocenters. The molecule has 0 spiro atoms. The van der Waals surface area contributed by atoms with Gasteiger partial charge < -0.3 is 30.0 Å². The largest absolute Gasteiger partial charge is 0.493 e. The van der Waals surface area contributed by atoms with E-state index in [-0.39, 0.29) is 30.1 Å². The van der Waals surface area contributed by atoms with Gasteiger partial charge in [0.15, 0.2) is 5.13 Å². The molecule has 2 aliphatic rings. The Morgan fingerprint density at radius 2 is 2.08 bits per heavy atom. The molecule has 1 aromatic carbocycles. The predicted octanol–water partition coefficient (Wildman–Crippen LogP) is 2.88. The van der Waals surface area contributed by atoms with Crippen LogP contribution < -0.4 is 26.0 Å². The molecule has 2 fully saturated rings. The number of hydrogen-bond acceptors (Lipinski definition) is 9. The number of benzene rings is 1. The molecule has 3 N–H and O–H groups in total. The number of aromatic amines is 1. The number of thiazole rings is 1. The first-order valence-corrected chi connectivity index (χ1v) is 13.0. The molecule has 0 saturated carbocycles. The van der Waals surface area contributed by atoms with E-state index in [9.17, 15) is 9.59 Å². The van der Waals surface area contributed by atoms with E-state index >= 15 is 0 Å². The highest BCUT2D eigenvalue weighted by Gasteiger charge is 2.34. The third-order valence-corrected chi connectivity index (χ3v) is 7.39. The summed E-state index contributed by atoms with van der Waals surface area (Å²) in [7, 11) is 0. The lowest BCUT2D eigenvalue weighted by Crippen LogP contribution is -2.44. The van der Waals surface area contributed by atoms with Crippen molar-refractivity contribution in [1.29, 1.82) is 0 Å². The van der Waals surface area contributed by atoms with E-state index in [0.717, 1.165) is 31.9 Å². The van der Waals surface area contributed by atoms with Crippen molar-refractivity contribution in [2.24, 2.45) is 5.41 Å². The van der Waals surface area contributed by atoms with Gasteiger partial charge in [0, 0.05) is 49.2 Å². The fourth-order valence-corrected chi connectivity index (χ4v) is 5.30. The normalized spacial score (nSPS) is 16.5. The Kier molecular flexibility index (Phi) is 7.19. The van der Waals surface area contributed by atoms with Crippen LogP contribution in [0.5, 0.6) is 5.75 Å². The SMILES string of the molecule is C.CC1(COc2ccc3c(c2)[nH]c(=O)n3-c2nc(C(=O)Nc3cnccc3N3CCNCC3)cs2)COC1. The van der Waals surface area contributed by atoms with Gasteiger partial charge in [-0.05, 0) is 18.2 Å². The third-order valence-electron chi connectivity index (χ3n) is 6.56. The van der Waals surface area contributed by atoms with Gasteiger partial charge in [-0.25, -0.2) is 14.3 Å². The van der Waals surface area contributed by atoms with Crippen LogP contribution in [0.1, 0.15) is 24.8 Å². The first-order valence-electron chi connectivity index (χ1n) is 12.1. The molecular formula is C26H31N7O4S. The summed E-state index contributed by atoms with van der Waals surface area (Å²) in [6, 6.07) is 7.35. The zero-order valence-electron chi connectivity index (χ0n) is 20.3. The Morgan fingerprint density at radius 1 is 1.26 bits per heavy atom. The number of pyridine rings is 1. The number of anilines is 2. The Morgan fingerprint density at radius 3 is 2.84 bits per heavy atom. The molecule has 11 nitrogen and oxygen atoms in total. The second kappa shape index (κ2) is 10.6. The van der Waals surface area contributed by atoms with Crippen LogP contribution in [0.2, 0.25) is 0 Å². The number of carbonyl (C=O) groups is 1. The molecule has 12 heteroatoms. The van der Waals surface area contributed by atoms with Gasteiger partial charge >= 0.3 is 5.69 Å². The molecule has 0 aliphatic carbocycles. The van der Waals surface area contributed by atoms with Gasteiger partial charge in [0.1, 0.15) is 11.4 Å². The number of nitrogens with one attached hydrogen (secondary N) is 3. The zero-order valence-corrected chi connectivity index (χ0v) is 21.1. The third kappa shape index (κ3) is 5.02. The molecule has 5 heterocycles. The summed E-state index contributed by atoms with van der Waals surface area (Å²) in [5.74, 6) is 0.314. The van der Waals surface area contributed by atoms with Crippen LogP contribution in [0.3, 0.4) is 0 Å². The van der Waals surface area contributed by atoms with Crippen molar-refractivity contribution in [2.45, 2.75) is 14.4 Å². The molecule has 1 amide bonds. The van der Waals surface area contributed by atoms with Gasteiger partial charge in [-0.2, -0.15) is 0 Å². The molecule has 0 bridgehead atoms. The van der Waals surface area contributed by atoms with Gasteiger partial charge in [0.25, 0.3) is 5.91 Å². The molecule has 0 unspecified atom stereocenters. The van der Waals surface area contributed by atoms with Crippen LogP contribution in [0, 0.1) is 5.41 Å². The highest BCUT2D eigenvalue weighted by atomic mass is 32.1. The quantitative estimate of drug-likeness (QED) is 0.329. The fourth-order valence-electron chi connectivity index (χ4n) is 4.48. The maximum absolute atomic E-state index is 13.1. The van der Waals surface area contributed by atoms with Crippen LogP contribution in [-0.4, -0.2) is 71.4 Å². The molecule has 2 aliphatic heterocycles. The summed E-state index contributed by atoms with van der Waals surface area (Å²) < 4.78 is 12.7. The van der Waals surface area contributed by atoms with E-state index < -0.39 is 0 Å². The molecule has 2 saturated heterocycles. The minimum atomic E-state index is -0.357. The number of rotatable bonds is 7. The van der Waals surface area contributed by atoms with Crippen molar-refractivity contribution in [3.8, 4) is 10.9 Å². The minimum absolute atomic E-state index is 0. The van der Waals surface area contributed by atoms with Crippen molar-refractivity contribution in [3.63, 3.8) is 0 Å². The Bertz CT molecular complexity index is 1500. The Labute approximate surface area is 223 Å². The second-order valence-corrected chi connectivity index (χ2v) is 10.5. The Balaban J connectivity index is 0.00000294. The van der Waals surface area contributed by atoms with Crippen LogP contribution >= 0.6 is 11.3 Å². The molecule has 3 aromatic heterocycles. The number of imidazole rings is 1. The number of hydrogen-bond donors (Lipinski definition) is 3. The smallest absolute Gasteiger partial charge is 0.332 e. The maximum Gasteiger partial charge on any atom is 0.332 e. The molecule has 4 aromatic rings. The van der Waals surface area contributed by atoms with Crippen molar-refractivity contribution < 1.29 is 14.3 Å². The van der Waals surface area contributed by atoms with E-state index in [1.807, 2.05) is 18.2 Å². The van der Waals surface area contributed by atoms with Crippen molar-refractivity contribution in [1.82, 2.24) is 24.8 Å². The number of amides is 1. The molecule has 200 valence electrons. The highest BCUT2D eigenvalue weighted by Crippen LogP contribution is 2.29. The average molecular weight is 538 g/mol. The minimum Gasteiger partial charge on any atom is -0.493 e. The van der Waals surface area contributed by atoms with Crippen molar-refractivity contribution in [2.75, 3.05) is 56.2 Å². The summed E-state index contributed by atoms with van der Waals surface area (Å²) in [4.78, 5) is 39.6. The van der Waals surface area contributed by atoms with E-state index in [4.69, 9.17) is 9.47 Å². The molecular weight excluding hydrogens is 506 g/mol. The summed E-state index contributed by atoms with van der Waals surface area (Å²) in [5, 5.41) is 8.32.